The van der Waals surface area contributed by atoms with Crippen LogP contribution in [-0.2, 0) is 4.74 Å². The van der Waals surface area contributed by atoms with Crippen LogP contribution in [0.2, 0.25) is 0 Å². The molecule has 2 unspecified atom stereocenters. The van der Waals surface area contributed by atoms with Crippen molar-refractivity contribution in [2.75, 3.05) is 39.9 Å². The van der Waals surface area contributed by atoms with Crippen LogP contribution in [0.15, 0.2) is 0 Å². The van der Waals surface area contributed by atoms with E-state index in [2.05, 4.69) is 17.3 Å². The molecule has 4 nitrogen and oxygen atoms in total. The highest BCUT2D eigenvalue weighted by atomic mass is 16.5. The van der Waals surface area contributed by atoms with E-state index in [1.807, 2.05) is 6.92 Å². The molecule has 0 aromatic rings. The Bertz CT molecular complexity index is 184. The van der Waals surface area contributed by atoms with E-state index in [-0.39, 0.29) is 6.10 Å². The molecule has 0 radical (unpaired) electrons. The number of likely N-dealkylation sites (N-methyl/N-ethyl adjacent to an activating group) is 1. The van der Waals surface area contributed by atoms with Crippen molar-refractivity contribution in [1.29, 1.82) is 0 Å². The minimum Gasteiger partial charge on any atom is -0.389 e. The van der Waals surface area contributed by atoms with Crippen molar-refractivity contribution in [3.05, 3.63) is 0 Å². The molecule has 1 fully saturated rings. The van der Waals surface area contributed by atoms with E-state index < -0.39 is 0 Å². The molecule has 1 saturated heterocycles. The zero-order valence-electron chi connectivity index (χ0n) is 11.3. The van der Waals surface area contributed by atoms with Gasteiger partial charge in [0.15, 0.2) is 0 Å². The van der Waals surface area contributed by atoms with Crippen molar-refractivity contribution in [2.24, 2.45) is 0 Å². The predicted octanol–water partition coefficient (Wildman–Crippen LogP) is 0.848. The van der Waals surface area contributed by atoms with Gasteiger partial charge in [0.05, 0.1) is 12.7 Å². The van der Waals surface area contributed by atoms with E-state index in [1.54, 1.807) is 0 Å². The van der Waals surface area contributed by atoms with Crippen LogP contribution in [0.1, 0.15) is 32.6 Å². The van der Waals surface area contributed by atoms with E-state index in [0.29, 0.717) is 25.8 Å². The summed E-state index contributed by atoms with van der Waals surface area (Å²) in [4.78, 5) is 2.19. The average molecular weight is 244 g/mol. The number of aliphatic hydroxyl groups is 1. The van der Waals surface area contributed by atoms with Gasteiger partial charge >= 0.3 is 0 Å². The van der Waals surface area contributed by atoms with Crippen LogP contribution in [0.4, 0.5) is 0 Å². The molecule has 4 heteroatoms. The van der Waals surface area contributed by atoms with E-state index in [9.17, 15) is 5.11 Å². The second-order valence-electron chi connectivity index (χ2n) is 5.01. The standard InChI is InChI=1S/C13H28N2O2/c1-3-17-11-13(16)10-15(2)9-7-12-6-4-5-8-14-12/h12-14,16H,3-11H2,1-2H3. The van der Waals surface area contributed by atoms with Crippen LogP contribution in [0.5, 0.6) is 0 Å². The highest BCUT2D eigenvalue weighted by Crippen LogP contribution is 2.10. The lowest BCUT2D eigenvalue weighted by Gasteiger charge is -2.26. The molecule has 1 heterocycles. The van der Waals surface area contributed by atoms with Crippen LogP contribution in [0.3, 0.4) is 0 Å². The topological polar surface area (TPSA) is 44.7 Å². The summed E-state index contributed by atoms with van der Waals surface area (Å²) in [6.45, 7) is 5.98. The summed E-state index contributed by atoms with van der Waals surface area (Å²) >= 11 is 0. The summed E-state index contributed by atoms with van der Waals surface area (Å²) in [6, 6.07) is 0.676. The zero-order valence-corrected chi connectivity index (χ0v) is 11.3. The van der Waals surface area contributed by atoms with Crippen molar-refractivity contribution in [3.8, 4) is 0 Å². The number of nitrogens with one attached hydrogen (secondary N) is 1. The van der Waals surface area contributed by atoms with Gasteiger partial charge in [-0.05, 0) is 46.3 Å². The van der Waals surface area contributed by atoms with E-state index in [4.69, 9.17) is 4.74 Å². The lowest BCUT2D eigenvalue weighted by atomic mass is 10.0. The molecular formula is C13H28N2O2. The van der Waals surface area contributed by atoms with Crippen molar-refractivity contribution in [2.45, 2.75) is 44.8 Å². The maximum absolute atomic E-state index is 9.71. The van der Waals surface area contributed by atoms with Crippen molar-refractivity contribution in [3.63, 3.8) is 0 Å². The fourth-order valence-electron chi connectivity index (χ4n) is 2.30. The Morgan fingerprint density at radius 2 is 2.29 bits per heavy atom. The predicted molar refractivity (Wildman–Crippen MR) is 70.3 cm³/mol. The van der Waals surface area contributed by atoms with Crippen molar-refractivity contribution >= 4 is 0 Å². The normalized spacial score (nSPS) is 22.9. The molecule has 1 aliphatic rings. The van der Waals surface area contributed by atoms with Gasteiger partial charge in [-0.15, -0.1) is 0 Å². The average Bonchev–Trinajstić information content (AvgIpc) is 2.35. The fraction of sp³-hybridized carbons (Fsp3) is 1.00. The molecular weight excluding hydrogens is 216 g/mol. The fourth-order valence-corrected chi connectivity index (χ4v) is 2.30. The molecule has 1 rings (SSSR count). The molecule has 1 aliphatic heterocycles. The van der Waals surface area contributed by atoms with Gasteiger partial charge in [-0.3, -0.25) is 0 Å². The molecule has 0 aromatic heterocycles. The molecule has 2 atom stereocenters. The summed E-state index contributed by atoms with van der Waals surface area (Å²) in [5, 5.41) is 13.3. The van der Waals surface area contributed by atoms with Gasteiger partial charge in [0.25, 0.3) is 0 Å². The molecule has 0 aromatic carbocycles. The highest BCUT2D eigenvalue weighted by molar-refractivity contribution is 4.73. The number of hydrogen-bond acceptors (Lipinski definition) is 4. The Labute approximate surface area is 105 Å². The highest BCUT2D eigenvalue weighted by Gasteiger charge is 2.14. The molecule has 0 saturated carbocycles. The molecule has 102 valence electrons. The SMILES string of the molecule is CCOCC(O)CN(C)CCC1CCCCN1. The zero-order chi connectivity index (χ0) is 12.5. The van der Waals surface area contributed by atoms with Gasteiger partial charge < -0.3 is 20.1 Å². The van der Waals surface area contributed by atoms with Crippen molar-refractivity contribution < 1.29 is 9.84 Å². The third kappa shape index (κ3) is 6.99. The third-order valence-corrected chi connectivity index (χ3v) is 3.31. The first-order valence-corrected chi connectivity index (χ1v) is 6.90. The first kappa shape index (κ1) is 14.9. The largest absolute Gasteiger partial charge is 0.389 e. The van der Waals surface area contributed by atoms with Gasteiger partial charge in [-0.2, -0.15) is 0 Å². The molecule has 0 amide bonds. The molecule has 2 N–H and O–H groups in total. The van der Waals surface area contributed by atoms with Crippen molar-refractivity contribution in [1.82, 2.24) is 10.2 Å². The van der Waals surface area contributed by atoms with Gasteiger partial charge in [-0.25, -0.2) is 0 Å². The number of aliphatic hydroxyl groups excluding tert-OH is 1. The molecule has 0 spiro atoms. The van der Waals surface area contributed by atoms with Gasteiger partial charge in [-0.1, -0.05) is 6.42 Å². The van der Waals surface area contributed by atoms with E-state index >= 15 is 0 Å². The summed E-state index contributed by atoms with van der Waals surface area (Å²) in [6.07, 6.45) is 4.79. The van der Waals surface area contributed by atoms with Gasteiger partial charge in [0, 0.05) is 19.2 Å². The smallest absolute Gasteiger partial charge is 0.0900 e. The second kappa shape index (κ2) is 8.86. The summed E-state index contributed by atoms with van der Waals surface area (Å²) < 4.78 is 5.20. The number of rotatable bonds is 8. The molecule has 0 aliphatic carbocycles. The number of ether oxygens (including phenoxy) is 1. The lowest BCUT2D eigenvalue weighted by molar-refractivity contribution is 0.0249. The molecule has 17 heavy (non-hydrogen) atoms. The van der Waals surface area contributed by atoms with Crippen LogP contribution < -0.4 is 5.32 Å². The Morgan fingerprint density at radius 1 is 1.47 bits per heavy atom. The Hall–Kier alpha value is -0.160. The third-order valence-electron chi connectivity index (χ3n) is 3.31. The number of hydrogen-bond donors (Lipinski definition) is 2. The minimum absolute atomic E-state index is 0.362. The molecule has 0 bridgehead atoms. The summed E-state index contributed by atoms with van der Waals surface area (Å²) in [7, 11) is 2.07. The number of piperidine rings is 1. The van der Waals surface area contributed by atoms with Crippen LogP contribution >= 0.6 is 0 Å². The van der Waals surface area contributed by atoms with Crippen LogP contribution in [0, 0.1) is 0 Å². The monoisotopic (exact) mass is 244 g/mol. The maximum atomic E-state index is 9.71. The van der Waals surface area contributed by atoms with Crippen LogP contribution in [0.25, 0.3) is 0 Å². The minimum atomic E-state index is -0.362. The van der Waals surface area contributed by atoms with Gasteiger partial charge in [0.2, 0.25) is 0 Å². The number of nitrogens with zero attached hydrogens (tertiary/aromatic N) is 1. The first-order valence-electron chi connectivity index (χ1n) is 6.90. The Kier molecular flexibility index (Phi) is 7.77. The Morgan fingerprint density at radius 3 is 2.94 bits per heavy atom. The maximum Gasteiger partial charge on any atom is 0.0900 e. The van der Waals surface area contributed by atoms with Gasteiger partial charge in [0.1, 0.15) is 0 Å². The van der Waals surface area contributed by atoms with E-state index in [0.717, 1.165) is 6.54 Å². The first-order chi connectivity index (χ1) is 8.22. The van der Waals surface area contributed by atoms with Crippen LogP contribution in [-0.4, -0.2) is 62.0 Å². The lowest BCUT2D eigenvalue weighted by Crippen LogP contribution is -2.39. The quantitative estimate of drug-likeness (QED) is 0.664. The Balaban J connectivity index is 2.05. The second-order valence-corrected chi connectivity index (χ2v) is 5.01. The summed E-state index contributed by atoms with van der Waals surface area (Å²) in [5.74, 6) is 0. The summed E-state index contributed by atoms with van der Waals surface area (Å²) in [5.41, 5.74) is 0. The van der Waals surface area contributed by atoms with E-state index in [1.165, 1.54) is 32.2 Å².